The van der Waals surface area contributed by atoms with Gasteiger partial charge in [0, 0.05) is 6.04 Å². The van der Waals surface area contributed by atoms with Crippen molar-refractivity contribution < 1.29 is 0 Å². The standard InChI is InChI=1S/C19H29N/c1-3-20-19(18-9-7-14(2)11-18)13-15-8-10-16-5-4-6-17(16)12-15/h8,10,12,14,18-20H,3-7,9,11,13H2,1-2H3. The molecule has 110 valence electrons. The summed E-state index contributed by atoms with van der Waals surface area (Å²) in [7, 11) is 0. The lowest BCUT2D eigenvalue weighted by molar-refractivity contribution is 0.354. The molecule has 1 aromatic carbocycles. The molecule has 3 rings (SSSR count). The molecular weight excluding hydrogens is 242 g/mol. The van der Waals surface area contributed by atoms with Gasteiger partial charge >= 0.3 is 0 Å². The molecule has 0 heterocycles. The molecule has 1 aromatic rings. The molecule has 2 aliphatic rings. The maximum absolute atomic E-state index is 3.76. The van der Waals surface area contributed by atoms with Crippen LogP contribution in [0.4, 0.5) is 0 Å². The molecule has 0 aromatic heterocycles. The third kappa shape index (κ3) is 3.09. The summed E-state index contributed by atoms with van der Waals surface area (Å²) in [5, 5.41) is 3.76. The van der Waals surface area contributed by atoms with E-state index in [2.05, 4.69) is 37.4 Å². The van der Waals surface area contributed by atoms with E-state index >= 15 is 0 Å². The first-order valence-electron chi connectivity index (χ1n) is 8.60. The Morgan fingerprint density at radius 1 is 1.20 bits per heavy atom. The monoisotopic (exact) mass is 271 g/mol. The average molecular weight is 271 g/mol. The molecule has 3 unspecified atom stereocenters. The van der Waals surface area contributed by atoms with Gasteiger partial charge < -0.3 is 5.32 Å². The fourth-order valence-electron chi connectivity index (χ4n) is 4.29. The van der Waals surface area contributed by atoms with Gasteiger partial charge in [-0.3, -0.25) is 0 Å². The van der Waals surface area contributed by atoms with Crippen LogP contribution in [0.3, 0.4) is 0 Å². The Kier molecular flexibility index (Phi) is 4.45. The van der Waals surface area contributed by atoms with E-state index in [0.717, 1.165) is 18.4 Å². The van der Waals surface area contributed by atoms with Crippen LogP contribution in [-0.4, -0.2) is 12.6 Å². The molecular formula is C19H29N. The van der Waals surface area contributed by atoms with Gasteiger partial charge in [-0.1, -0.05) is 38.5 Å². The molecule has 0 bridgehead atoms. The molecule has 0 saturated heterocycles. The molecule has 0 spiro atoms. The second-order valence-electron chi connectivity index (χ2n) is 7.00. The summed E-state index contributed by atoms with van der Waals surface area (Å²) in [5.74, 6) is 1.82. The van der Waals surface area contributed by atoms with E-state index < -0.39 is 0 Å². The lowest BCUT2D eigenvalue weighted by Gasteiger charge is -2.25. The predicted octanol–water partition coefficient (Wildman–Crippen LogP) is 4.13. The summed E-state index contributed by atoms with van der Waals surface area (Å²) < 4.78 is 0. The molecule has 1 heteroatoms. The van der Waals surface area contributed by atoms with Crippen molar-refractivity contribution in [2.75, 3.05) is 6.54 Å². The second kappa shape index (κ2) is 6.30. The third-order valence-electron chi connectivity index (χ3n) is 5.39. The number of benzene rings is 1. The summed E-state index contributed by atoms with van der Waals surface area (Å²) in [6.07, 6.45) is 9.44. The SMILES string of the molecule is CCNC(Cc1ccc2c(c1)CCC2)C1CCC(C)C1. The van der Waals surface area contributed by atoms with Crippen LogP contribution in [-0.2, 0) is 19.3 Å². The van der Waals surface area contributed by atoms with Crippen molar-refractivity contribution in [2.45, 2.75) is 64.8 Å². The Balaban J connectivity index is 1.69. The van der Waals surface area contributed by atoms with Crippen LogP contribution in [0.25, 0.3) is 0 Å². The zero-order valence-corrected chi connectivity index (χ0v) is 13.1. The maximum Gasteiger partial charge on any atom is 0.0136 e. The number of hydrogen-bond acceptors (Lipinski definition) is 1. The largest absolute Gasteiger partial charge is 0.314 e. The summed E-state index contributed by atoms with van der Waals surface area (Å²) in [6.45, 7) is 5.76. The first kappa shape index (κ1) is 14.1. The van der Waals surface area contributed by atoms with E-state index in [0.29, 0.717) is 6.04 Å². The van der Waals surface area contributed by atoms with E-state index in [1.165, 1.54) is 44.9 Å². The quantitative estimate of drug-likeness (QED) is 0.849. The predicted molar refractivity (Wildman–Crippen MR) is 86.1 cm³/mol. The average Bonchev–Trinajstić information content (AvgIpc) is 3.06. The van der Waals surface area contributed by atoms with Gasteiger partial charge in [0.1, 0.15) is 0 Å². The smallest absolute Gasteiger partial charge is 0.0136 e. The van der Waals surface area contributed by atoms with Gasteiger partial charge in [0.25, 0.3) is 0 Å². The topological polar surface area (TPSA) is 12.0 Å². The summed E-state index contributed by atoms with van der Waals surface area (Å²) in [4.78, 5) is 0. The Labute approximate surface area is 124 Å². The van der Waals surface area contributed by atoms with Crippen molar-refractivity contribution in [1.29, 1.82) is 0 Å². The van der Waals surface area contributed by atoms with Gasteiger partial charge in [0.15, 0.2) is 0 Å². The van der Waals surface area contributed by atoms with E-state index in [9.17, 15) is 0 Å². The number of nitrogens with one attached hydrogen (secondary N) is 1. The van der Waals surface area contributed by atoms with Crippen LogP contribution < -0.4 is 5.32 Å². The van der Waals surface area contributed by atoms with E-state index in [-0.39, 0.29) is 0 Å². The van der Waals surface area contributed by atoms with Gasteiger partial charge in [-0.25, -0.2) is 0 Å². The third-order valence-corrected chi connectivity index (χ3v) is 5.39. The van der Waals surface area contributed by atoms with Gasteiger partial charge in [-0.05, 0) is 73.6 Å². The minimum absolute atomic E-state index is 0.685. The molecule has 1 N–H and O–H groups in total. The van der Waals surface area contributed by atoms with Crippen molar-refractivity contribution in [2.24, 2.45) is 11.8 Å². The Morgan fingerprint density at radius 2 is 2.05 bits per heavy atom. The summed E-state index contributed by atoms with van der Waals surface area (Å²) in [6, 6.07) is 7.94. The van der Waals surface area contributed by atoms with E-state index in [4.69, 9.17) is 0 Å². The lowest BCUT2D eigenvalue weighted by atomic mass is 9.90. The zero-order chi connectivity index (χ0) is 13.9. The van der Waals surface area contributed by atoms with Crippen molar-refractivity contribution in [3.63, 3.8) is 0 Å². The van der Waals surface area contributed by atoms with E-state index in [1.807, 2.05) is 0 Å². The highest BCUT2D eigenvalue weighted by molar-refractivity contribution is 5.35. The number of aryl methyl sites for hydroxylation is 2. The van der Waals surface area contributed by atoms with Crippen LogP contribution in [0.5, 0.6) is 0 Å². The molecule has 0 radical (unpaired) electrons. The van der Waals surface area contributed by atoms with Crippen molar-refractivity contribution in [3.05, 3.63) is 34.9 Å². The molecule has 1 nitrogen and oxygen atoms in total. The highest BCUT2D eigenvalue weighted by atomic mass is 14.9. The summed E-state index contributed by atoms with van der Waals surface area (Å²) >= 11 is 0. The highest BCUT2D eigenvalue weighted by Gasteiger charge is 2.28. The highest BCUT2D eigenvalue weighted by Crippen LogP contribution is 2.34. The first-order chi connectivity index (χ1) is 9.76. The fourth-order valence-corrected chi connectivity index (χ4v) is 4.29. The van der Waals surface area contributed by atoms with Gasteiger partial charge in [-0.2, -0.15) is 0 Å². The molecule has 2 aliphatic carbocycles. The first-order valence-corrected chi connectivity index (χ1v) is 8.60. The van der Waals surface area contributed by atoms with Crippen LogP contribution in [0.1, 0.15) is 56.2 Å². The molecule has 0 aliphatic heterocycles. The lowest BCUT2D eigenvalue weighted by Crippen LogP contribution is -2.37. The Bertz CT molecular complexity index is 451. The maximum atomic E-state index is 3.76. The van der Waals surface area contributed by atoms with Crippen LogP contribution in [0, 0.1) is 11.8 Å². The fraction of sp³-hybridized carbons (Fsp3) is 0.684. The number of hydrogen-bond donors (Lipinski definition) is 1. The van der Waals surface area contributed by atoms with Gasteiger partial charge in [0.2, 0.25) is 0 Å². The van der Waals surface area contributed by atoms with E-state index in [1.54, 1.807) is 16.7 Å². The van der Waals surface area contributed by atoms with Crippen molar-refractivity contribution >= 4 is 0 Å². The van der Waals surface area contributed by atoms with Gasteiger partial charge in [0.05, 0.1) is 0 Å². The second-order valence-corrected chi connectivity index (χ2v) is 7.00. The van der Waals surface area contributed by atoms with Crippen molar-refractivity contribution in [1.82, 2.24) is 5.32 Å². The number of rotatable bonds is 5. The molecule has 1 saturated carbocycles. The van der Waals surface area contributed by atoms with Crippen LogP contribution in [0.2, 0.25) is 0 Å². The number of fused-ring (bicyclic) bond motifs is 1. The normalized spacial score (nSPS) is 26.7. The van der Waals surface area contributed by atoms with Crippen LogP contribution in [0.15, 0.2) is 18.2 Å². The van der Waals surface area contributed by atoms with Crippen molar-refractivity contribution in [3.8, 4) is 0 Å². The molecule has 0 amide bonds. The molecule has 3 atom stereocenters. The zero-order valence-electron chi connectivity index (χ0n) is 13.1. The summed E-state index contributed by atoms with van der Waals surface area (Å²) in [5.41, 5.74) is 4.77. The minimum atomic E-state index is 0.685. The minimum Gasteiger partial charge on any atom is -0.314 e. The molecule has 1 fully saturated rings. The van der Waals surface area contributed by atoms with Crippen LogP contribution >= 0.6 is 0 Å². The Hall–Kier alpha value is -0.820. The number of likely N-dealkylation sites (N-methyl/N-ethyl adjacent to an activating group) is 1. The Morgan fingerprint density at radius 3 is 2.80 bits per heavy atom. The molecule has 20 heavy (non-hydrogen) atoms. The van der Waals surface area contributed by atoms with Gasteiger partial charge in [-0.15, -0.1) is 0 Å².